The molecular weight excluding hydrogens is 172 g/mol. The fourth-order valence-electron chi connectivity index (χ4n) is 5.49. The third kappa shape index (κ3) is 0.532. The molecule has 0 aliphatic heterocycles. The third-order valence-corrected chi connectivity index (χ3v) is 6.73. The molecule has 4 rings (SSSR count). The Labute approximate surface area is 85.9 Å². The van der Waals surface area contributed by atoms with E-state index >= 15 is 0 Å². The number of hydrogen-bond donors (Lipinski definition) is 1. The first kappa shape index (κ1) is 8.15. The first-order valence-electron chi connectivity index (χ1n) is 6.43. The maximum atomic E-state index is 10.1. The van der Waals surface area contributed by atoms with Gasteiger partial charge in [-0.2, -0.15) is 0 Å². The largest absolute Gasteiger partial charge is 0.393 e. The molecule has 4 saturated carbocycles. The number of fused-ring (bicyclic) bond motifs is 2. The summed E-state index contributed by atoms with van der Waals surface area (Å²) in [6, 6.07) is 0. The van der Waals surface area contributed by atoms with Crippen molar-refractivity contribution in [3.63, 3.8) is 0 Å². The Bertz CT molecular complexity index is 282. The van der Waals surface area contributed by atoms with Crippen LogP contribution in [0.25, 0.3) is 0 Å². The van der Waals surface area contributed by atoms with Gasteiger partial charge in [0.1, 0.15) is 0 Å². The molecule has 0 amide bonds. The second-order valence-electron chi connectivity index (χ2n) is 6.45. The van der Waals surface area contributed by atoms with Crippen molar-refractivity contribution in [2.24, 2.45) is 16.2 Å². The topological polar surface area (TPSA) is 20.2 Å². The van der Waals surface area contributed by atoms with Gasteiger partial charge in [-0.05, 0) is 55.8 Å². The molecule has 4 aliphatic rings. The van der Waals surface area contributed by atoms with E-state index < -0.39 is 0 Å². The van der Waals surface area contributed by atoms with Crippen molar-refractivity contribution in [2.45, 2.75) is 63.9 Å². The van der Waals surface area contributed by atoms with Crippen LogP contribution in [0.5, 0.6) is 0 Å². The molecule has 0 aromatic heterocycles. The van der Waals surface area contributed by atoms with Gasteiger partial charge in [0.2, 0.25) is 0 Å². The molecule has 78 valence electrons. The Morgan fingerprint density at radius 1 is 0.857 bits per heavy atom. The molecule has 14 heavy (non-hydrogen) atoms. The molecule has 0 bridgehead atoms. The molecule has 2 atom stereocenters. The van der Waals surface area contributed by atoms with Gasteiger partial charge in [0, 0.05) is 5.41 Å². The van der Waals surface area contributed by atoms with Crippen molar-refractivity contribution in [3.8, 4) is 0 Å². The molecule has 4 aliphatic carbocycles. The number of rotatable bonds is 0. The highest BCUT2D eigenvalue weighted by Gasteiger charge is 2.78. The van der Waals surface area contributed by atoms with E-state index in [-0.39, 0.29) is 6.10 Å². The molecule has 3 spiro atoms. The van der Waals surface area contributed by atoms with Crippen molar-refractivity contribution in [1.29, 1.82) is 0 Å². The molecule has 0 radical (unpaired) electrons. The summed E-state index contributed by atoms with van der Waals surface area (Å²) in [4.78, 5) is 0. The smallest absolute Gasteiger partial charge is 0.0607 e. The molecular formula is C13H20O. The fraction of sp³-hybridized carbons (Fsp3) is 1.00. The molecule has 0 saturated heterocycles. The number of aliphatic hydroxyl groups is 1. The lowest BCUT2D eigenvalue weighted by Crippen LogP contribution is -2.76. The summed E-state index contributed by atoms with van der Waals surface area (Å²) >= 11 is 0. The minimum atomic E-state index is 0.0778. The van der Waals surface area contributed by atoms with E-state index in [2.05, 4.69) is 0 Å². The quantitative estimate of drug-likeness (QED) is 0.625. The van der Waals surface area contributed by atoms with Gasteiger partial charge in [-0.3, -0.25) is 0 Å². The average Bonchev–Trinajstić information content (AvgIpc) is 1.90. The molecule has 1 nitrogen and oxygen atoms in total. The minimum absolute atomic E-state index is 0.0778. The third-order valence-electron chi connectivity index (χ3n) is 6.73. The fourth-order valence-corrected chi connectivity index (χ4v) is 5.49. The lowest BCUT2D eigenvalue weighted by molar-refractivity contribution is -0.347. The van der Waals surface area contributed by atoms with E-state index in [1.54, 1.807) is 0 Å². The molecule has 0 unspecified atom stereocenters. The van der Waals surface area contributed by atoms with E-state index in [0.29, 0.717) is 10.8 Å². The zero-order valence-electron chi connectivity index (χ0n) is 8.89. The molecule has 1 N–H and O–H groups in total. The first-order chi connectivity index (χ1) is 6.75. The zero-order chi connectivity index (χ0) is 9.44. The molecule has 4 fully saturated rings. The lowest BCUT2D eigenvalue weighted by Gasteiger charge is -2.81. The van der Waals surface area contributed by atoms with E-state index in [4.69, 9.17) is 0 Å². The van der Waals surface area contributed by atoms with Crippen LogP contribution >= 0.6 is 0 Å². The monoisotopic (exact) mass is 192 g/mol. The number of aliphatic hydroxyl groups excluding tert-OH is 1. The Morgan fingerprint density at radius 3 is 1.86 bits per heavy atom. The van der Waals surface area contributed by atoms with Gasteiger partial charge >= 0.3 is 0 Å². The summed E-state index contributed by atoms with van der Waals surface area (Å²) in [6.45, 7) is 0. The first-order valence-corrected chi connectivity index (χ1v) is 6.43. The predicted octanol–water partition coefficient (Wildman–Crippen LogP) is 2.87. The van der Waals surface area contributed by atoms with Gasteiger partial charge < -0.3 is 5.11 Å². The Balaban J connectivity index is 1.71. The highest BCUT2D eigenvalue weighted by atomic mass is 16.3. The zero-order valence-corrected chi connectivity index (χ0v) is 8.89. The predicted molar refractivity (Wildman–Crippen MR) is 54.9 cm³/mol. The van der Waals surface area contributed by atoms with Gasteiger partial charge in [0.05, 0.1) is 6.10 Å². The summed E-state index contributed by atoms with van der Waals surface area (Å²) in [5.74, 6) is 0. The summed E-state index contributed by atoms with van der Waals surface area (Å²) in [6.07, 6.45) is 12.7. The van der Waals surface area contributed by atoms with Crippen LogP contribution in [0.1, 0.15) is 57.8 Å². The van der Waals surface area contributed by atoms with Crippen LogP contribution in [-0.2, 0) is 0 Å². The highest BCUT2D eigenvalue weighted by molar-refractivity contribution is 5.27. The van der Waals surface area contributed by atoms with E-state index in [9.17, 15) is 5.11 Å². The summed E-state index contributed by atoms with van der Waals surface area (Å²) in [5, 5.41) is 10.1. The summed E-state index contributed by atoms with van der Waals surface area (Å²) < 4.78 is 0. The van der Waals surface area contributed by atoms with E-state index in [0.717, 1.165) is 11.8 Å². The van der Waals surface area contributed by atoms with Gasteiger partial charge in [-0.25, -0.2) is 0 Å². The number of hydrogen-bond acceptors (Lipinski definition) is 1. The maximum Gasteiger partial charge on any atom is 0.0607 e. The van der Waals surface area contributed by atoms with Gasteiger partial charge in [-0.15, -0.1) is 0 Å². The summed E-state index contributed by atoms with van der Waals surface area (Å²) in [5.41, 5.74) is 1.83. The van der Waals surface area contributed by atoms with Crippen molar-refractivity contribution in [1.82, 2.24) is 0 Å². The molecule has 0 aromatic rings. The van der Waals surface area contributed by atoms with Crippen LogP contribution in [-0.4, -0.2) is 11.2 Å². The second-order valence-corrected chi connectivity index (χ2v) is 6.45. The van der Waals surface area contributed by atoms with Crippen molar-refractivity contribution >= 4 is 0 Å². The van der Waals surface area contributed by atoms with Crippen LogP contribution in [0.4, 0.5) is 0 Å². The van der Waals surface area contributed by atoms with Crippen LogP contribution in [0.15, 0.2) is 0 Å². The second kappa shape index (κ2) is 2.07. The minimum Gasteiger partial charge on any atom is -0.393 e. The van der Waals surface area contributed by atoms with Gasteiger partial charge in [0.15, 0.2) is 0 Å². The van der Waals surface area contributed by atoms with Crippen molar-refractivity contribution in [3.05, 3.63) is 0 Å². The normalized spacial score (nSPS) is 50.8. The van der Waals surface area contributed by atoms with Crippen molar-refractivity contribution in [2.75, 3.05) is 0 Å². The lowest BCUT2D eigenvalue weighted by atomic mass is 9.24. The standard InChI is InChI=1S/C13H20O/c14-10-9-13(12(10)5-2-6-12)8-7-11(13)3-1-4-11/h10,14H,1-9H2/t10-,13-/m0/s1. The SMILES string of the molecule is O[C@H]1C[C@]2(CCC23CCC3)C12CCC2. The molecule has 1 heteroatoms. The van der Waals surface area contributed by atoms with E-state index in [1.807, 2.05) is 0 Å². The van der Waals surface area contributed by atoms with Crippen LogP contribution in [0.2, 0.25) is 0 Å². The van der Waals surface area contributed by atoms with Gasteiger partial charge in [-0.1, -0.05) is 12.8 Å². The van der Waals surface area contributed by atoms with Crippen LogP contribution in [0, 0.1) is 16.2 Å². The van der Waals surface area contributed by atoms with Crippen LogP contribution < -0.4 is 0 Å². The summed E-state index contributed by atoms with van der Waals surface area (Å²) in [7, 11) is 0. The Hall–Kier alpha value is -0.0400. The van der Waals surface area contributed by atoms with Crippen molar-refractivity contribution < 1.29 is 5.11 Å². The van der Waals surface area contributed by atoms with Gasteiger partial charge in [0.25, 0.3) is 0 Å². The average molecular weight is 192 g/mol. The molecule has 0 aromatic carbocycles. The highest BCUT2D eigenvalue weighted by Crippen LogP contribution is 2.84. The Morgan fingerprint density at radius 2 is 1.57 bits per heavy atom. The molecule has 0 heterocycles. The Kier molecular flexibility index (Phi) is 1.20. The van der Waals surface area contributed by atoms with Crippen LogP contribution in [0.3, 0.4) is 0 Å². The van der Waals surface area contributed by atoms with E-state index in [1.165, 1.54) is 51.4 Å². The maximum absolute atomic E-state index is 10.1.